The normalized spacial score (nSPS) is 17.8. The zero-order valence-corrected chi connectivity index (χ0v) is 11.3. The second-order valence-corrected chi connectivity index (χ2v) is 6.60. The lowest BCUT2D eigenvalue weighted by Gasteiger charge is -2.26. The van der Waals surface area contributed by atoms with Crippen molar-refractivity contribution in [3.8, 4) is 6.07 Å². The van der Waals surface area contributed by atoms with E-state index in [0.29, 0.717) is 6.54 Å². The van der Waals surface area contributed by atoms with Crippen LogP contribution in [-0.4, -0.2) is 31.9 Å². The molecule has 1 fully saturated rings. The summed E-state index contributed by atoms with van der Waals surface area (Å²) in [4.78, 5) is 0. The molecule has 5 nitrogen and oxygen atoms in total. The molecule has 1 aliphatic carbocycles. The highest BCUT2D eigenvalue weighted by atomic mass is 32.2. The average Bonchev–Trinajstić information content (AvgIpc) is 2.76. The number of hydrogen-bond acceptors (Lipinski definition) is 3. The summed E-state index contributed by atoms with van der Waals surface area (Å²) in [6, 6.07) is 1.94. The lowest BCUT2D eigenvalue weighted by molar-refractivity contribution is 0.343. The molecule has 0 amide bonds. The Morgan fingerprint density at radius 1 is 1.41 bits per heavy atom. The molecule has 0 aromatic heterocycles. The number of hydrogen-bond donors (Lipinski definition) is 1. The van der Waals surface area contributed by atoms with Crippen LogP contribution in [0.25, 0.3) is 0 Å². The van der Waals surface area contributed by atoms with E-state index in [1.54, 1.807) is 0 Å². The van der Waals surface area contributed by atoms with Crippen LogP contribution in [0.1, 0.15) is 39.5 Å². The van der Waals surface area contributed by atoms with Crippen LogP contribution in [0.5, 0.6) is 0 Å². The molecule has 0 unspecified atom stereocenters. The van der Waals surface area contributed by atoms with Crippen LogP contribution >= 0.6 is 0 Å². The minimum Gasteiger partial charge on any atom is -0.202 e. The highest BCUT2D eigenvalue weighted by Crippen LogP contribution is 2.24. The summed E-state index contributed by atoms with van der Waals surface area (Å²) in [5.74, 6) is 0.261. The number of nitrogens with one attached hydrogen (secondary N) is 1. The first-order chi connectivity index (χ1) is 7.97. The molecule has 0 bridgehead atoms. The maximum atomic E-state index is 12.1. The van der Waals surface area contributed by atoms with Crippen LogP contribution in [0.2, 0.25) is 0 Å². The van der Waals surface area contributed by atoms with Gasteiger partial charge in [0.25, 0.3) is 10.2 Å². The molecule has 98 valence electrons. The molecule has 1 N–H and O–H groups in total. The van der Waals surface area contributed by atoms with Crippen molar-refractivity contribution in [3.63, 3.8) is 0 Å². The predicted molar refractivity (Wildman–Crippen MR) is 66.3 cm³/mol. The van der Waals surface area contributed by atoms with Crippen molar-refractivity contribution in [3.05, 3.63) is 0 Å². The van der Waals surface area contributed by atoms with Gasteiger partial charge in [0, 0.05) is 12.6 Å². The fourth-order valence-electron chi connectivity index (χ4n) is 2.03. The van der Waals surface area contributed by atoms with Gasteiger partial charge in [0.2, 0.25) is 0 Å². The molecular formula is C11H21N3O2S. The second kappa shape index (κ2) is 6.34. The Hall–Kier alpha value is -0.640. The van der Waals surface area contributed by atoms with Gasteiger partial charge < -0.3 is 0 Å². The summed E-state index contributed by atoms with van der Waals surface area (Å²) in [5.41, 5.74) is 0. The van der Waals surface area contributed by atoms with Gasteiger partial charge in [-0.1, -0.05) is 26.7 Å². The molecule has 6 heteroatoms. The Balaban J connectivity index is 2.71. The van der Waals surface area contributed by atoms with Gasteiger partial charge in [-0.25, -0.2) is 4.72 Å². The van der Waals surface area contributed by atoms with Crippen molar-refractivity contribution in [2.24, 2.45) is 5.92 Å². The van der Waals surface area contributed by atoms with E-state index in [1.165, 1.54) is 4.31 Å². The number of nitrogens with zero attached hydrogens (tertiary/aromatic N) is 2. The lowest BCUT2D eigenvalue weighted by Crippen LogP contribution is -2.46. The van der Waals surface area contributed by atoms with Gasteiger partial charge >= 0.3 is 0 Å². The van der Waals surface area contributed by atoms with E-state index < -0.39 is 10.2 Å². The van der Waals surface area contributed by atoms with E-state index >= 15 is 0 Å². The molecule has 0 atom stereocenters. The zero-order valence-electron chi connectivity index (χ0n) is 10.5. The fourth-order valence-corrected chi connectivity index (χ4v) is 3.57. The molecule has 0 saturated heterocycles. The van der Waals surface area contributed by atoms with E-state index in [2.05, 4.69) is 4.72 Å². The first kappa shape index (κ1) is 14.4. The largest absolute Gasteiger partial charge is 0.280 e. The smallest absolute Gasteiger partial charge is 0.202 e. The third kappa shape index (κ3) is 4.26. The molecule has 1 saturated carbocycles. The number of rotatable bonds is 6. The van der Waals surface area contributed by atoms with E-state index in [1.807, 2.05) is 19.9 Å². The first-order valence-electron chi connectivity index (χ1n) is 6.10. The van der Waals surface area contributed by atoms with Crippen LogP contribution < -0.4 is 4.72 Å². The summed E-state index contributed by atoms with van der Waals surface area (Å²) in [5, 5.41) is 8.75. The maximum Gasteiger partial charge on any atom is 0.280 e. The molecule has 1 rings (SSSR count). The van der Waals surface area contributed by atoms with E-state index in [-0.39, 0.29) is 18.5 Å². The molecule has 0 radical (unpaired) electrons. The molecule has 0 aliphatic heterocycles. The molecule has 0 aromatic carbocycles. The summed E-state index contributed by atoms with van der Waals surface area (Å²) >= 11 is 0. The fraction of sp³-hybridized carbons (Fsp3) is 0.909. The molecule has 17 heavy (non-hydrogen) atoms. The molecule has 1 aliphatic rings. The zero-order chi connectivity index (χ0) is 12.9. The van der Waals surface area contributed by atoms with Crippen molar-refractivity contribution < 1.29 is 8.42 Å². The van der Waals surface area contributed by atoms with Gasteiger partial charge in [-0.15, -0.1) is 0 Å². The Morgan fingerprint density at radius 2 is 2.00 bits per heavy atom. The lowest BCUT2D eigenvalue weighted by atomic mass is 10.2. The Morgan fingerprint density at radius 3 is 2.47 bits per heavy atom. The summed E-state index contributed by atoms with van der Waals surface area (Å²) in [6.45, 7) is 4.26. The second-order valence-electron chi connectivity index (χ2n) is 4.89. The Labute approximate surface area is 104 Å². The maximum absolute atomic E-state index is 12.1. The van der Waals surface area contributed by atoms with Crippen LogP contribution in [0, 0.1) is 17.2 Å². The van der Waals surface area contributed by atoms with E-state index in [0.717, 1.165) is 25.7 Å². The topological polar surface area (TPSA) is 73.2 Å². The van der Waals surface area contributed by atoms with Crippen molar-refractivity contribution in [1.82, 2.24) is 9.03 Å². The van der Waals surface area contributed by atoms with Crippen molar-refractivity contribution >= 4 is 10.2 Å². The third-order valence-corrected chi connectivity index (χ3v) is 4.52. The predicted octanol–water partition coefficient (Wildman–Crippen LogP) is 1.24. The van der Waals surface area contributed by atoms with Gasteiger partial charge in [0.05, 0.1) is 6.07 Å². The highest BCUT2D eigenvalue weighted by molar-refractivity contribution is 7.87. The molecular weight excluding hydrogens is 238 g/mol. The van der Waals surface area contributed by atoms with Gasteiger partial charge in [-0.05, 0) is 18.8 Å². The molecule has 0 spiro atoms. The van der Waals surface area contributed by atoms with Gasteiger partial charge in [-0.3, -0.25) is 0 Å². The van der Waals surface area contributed by atoms with Crippen LogP contribution in [0.4, 0.5) is 0 Å². The quantitative estimate of drug-likeness (QED) is 0.729. The minimum absolute atomic E-state index is 0.000637. The summed E-state index contributed by atoms with van der Waals surface area (Å²) in [6.07, 6.45) is 3.83. The minimum atomic E-state index is -3.50. The average molecular weight is 259 g/mol. The Bertz CT molecular complexity index is 367. The number of nitriles is 1. The van der Waals surface area contributed by atoms with Crippen molar-refractivity contribution in [2.45, 2.75) is 45.6 Å². The van der Waals surface area contributed by atoms with Crippen molar-refractivity contribution in [2.75, 3.05) is 13.1 Å². The summed E-state index contributed by atoms with van der Waals surface area (Å²) in [7, 11) is -3.50. The van der Waals surface area contributed by atoms with Crippen LogP contribution in [-0.2, 0) is 10.2 Å². The van der Waals surface area contributed by atoms with E-state index in [4.69, 9.17) is 5.26 Å². The van der Waals surface area contributed by atoms with Crippen LogP contribution in [0.15, 0.2) is 0 Å². The molecule has 0 heterocycles. The van der Waals surface area contributed by atoms with Crippen molar-refractivity contribution in [1.29, 1.82) is 5.26 Å². The van der Waals surface area contributed by atoms with Crippen LogP contribution in [0.3, 0.4) is 0 Å². The monoisotopic (exact) mass is 259 g/mol. The molecule has 0 aromatic rings. The Kier molecular flexibility index (Phi) is 5.37. The van der Waals surface area contributed by atoms with E-state index in [9.17, 15) is 8.42 Å². The summed E-state index contributed by atoms with van der Waals surface area (Å²) < 4.78 is 28.0. The highest BCUT2D eigenvalue weighted by Gasteiger charge is 2.31. The third-order valence-electron chi connectivity index (χ3n) is 2.94. The first-order valence-corrected chi connectivity index (χ1v) is 7.54. The SMILES string of the molecule is CC(C)CNS(=O)(=O)N(CC#N)C1CCCC1. The van der Waals surface area contributed by atoms with Gasteiger partial charge in [0.1, 0.15) is 6.54 Å². The van der Waals surface area contributed by atoms with Gasteiger partial charge in [0.15, 0.2) is 0 Å². The van der Waals surface area contributed by atoms with Gasteiger partial charge in [-0.2, -0.15) is 18.0 Å². The standard InChI is InChI=1S/C11H21N3O2S/c1-10(2)9-13-17(15,16)14(8-7-12)11-5-3-4-6-11/h10-11,13H,3-6,8-9H2,1-2H3.